The Hall–Kier alpha value is -1.73. The molecule has 1 atom stereocenters. The van der Waals surface area contributed by atoms with E-state index in [-0.39, 0.29) is 6.04 Å². The highest BCUT2D eigenvalue weighted by molar-refractivity contribution is 5.44. The number of likely N-dealkylation sites (tertiary alicyclic amines) is 1. The van der Waals surface area contributed by atoms with E-state index >= 15 is 0 Å². The second kappa shape index (κ2) is 5.50. The molecule has 2 aliphatic heterocycles. The summed E-state index contributed by atoms with van der Waals surface area (Å²) in [5, 5.41) is 9.34. The number of fused-ring (bicyclic) bond motifs is 1. The second-order valence-electron chi connectivity index (χ2n) is 5.07. The fourth-order valence-electron chi connectivity index (χ4n) is 2.75. The van der Waals surface area contributed by atoms with Crippen LogP contribution in [0, 0.1) is 11.3 Å². The van der Waals surface area contributed by atoms with Crippen LogP contribution in [0.3, 0.4) is 0 Å². The molecule has 0 saturated carbocycles. The first kappa shape index (κ1) is 12.3. The smallest absolute Gasteiger partial charge is 0.161 e. The van der Waals surface area contributed by atoms with Crippen LogP contribution in [0.15, 0.2) is 18.2 Å². The number of benzene rings is 1. The first-order valence-electron chi connectivity index (χ1n) is 6.89. The van der Waals surface area contributed by atoms with Gasteiger partial charge in [0.1, 0.15) is 19.3 Å². The largest absolute Gasteiger partial charge is 0.486 e. The molecule has 3 rings (SSSR count). The molecule has 0 N–H and O–H groups in total. The fraction of sp³-hybridized carbons (Fsp3) is 0.533. The van der Waals surface area contributed by atoms with E-state index in [2.05, 4.69) is 11.0 Å². The van der Waals surface area contributed by atoms with Crippen LogP contribution in [0.2, 0.25) is 0 Å². The van der Waals surface area contributed by atoms with Gasteiger partial charge in [-0.3, -0.25) is 4.90 Å². The number of ether oxygens (including phenoxy) is 2. The van der Waals surface area contributed by atoms with E-state index < -0.39 is 0 Å². The van der Waals surface area contributed by atoms with Crippen molar-refractivity contribution >= 4 is 0 Å². The summed E-state index contributed by atoms with van der Waals surface area (Å²) < 4.78 is 11.1. The van der Waals surface area contributed by atoms with Gasteiger partial charge in [-0.05, 0) is 43.6 Å². The SMILES string of the molecule is N#CC(Cc1ccc2c(c1)OCCO2)N1CCCC1. The van der Waals surface area contributed by atoms with Gasteiger partial charge in [0, 0.05) is 6.42 Å². The van der Waals surface area contributed by atoms with E-state index in [9.17, 15) is 5.26 Å². The zero-order valence-corrected chi connectivity index (χ0v) is 11.0. The predicted octanol–water partition coefficient (Wildman–Crippen LogP) is 1.99. The first-order chi connectivity index (χ1) is 9.36. The highest BCUT2D eigenvalue weighted by Crippen LogP contribution is 2.31. The molecule has 1 unspecified atom stereocenters. The van der Waals surface area contributed by atoms with Crippen molar-refractivity contribution in [3.05, 3.63) is 23.8 Å². The maximum absolute atomic E-state index is 9.34. The van der Waals surface area contributed by atoms with Gasteiger partial charge in [-0.1, -0.05) is 6.07 Å². The Morgan fingerprint density at radius 1 is 1.16 bits per heavy atom. The molecule has 4 heteroatoms. The molecular weight excluding hydrogens is 240 g/mol. The second-order valence-corrected chi connectivity index (χ2v) is 5.07. The molecule has 0 amide bonds. The van der Waals surface area contributed by atoms with Gasteiger partial charge in [0.25, 0.3) is 0 Å². The van der Waals surface area contributed by atoms with Gasteiger partial charge in [-0.25, -0.2) is 0 Å². The molecule has 0 radical (unpaired) electrons. The summed E-state index contributed by atoms with van der Waals surface area (Å²) >= 11 is 0. The van der Waals surface area contributed by atoms with E-state index in [1.54, 1.807) is 0 Å². The minimum absolute atomic E-state index is 0.0231. The molecule has 1 aromatic rings. The molecular formula is C15H18N2O2. The molecule has 0 aromatic heterocycles. The molecule has 4 nitrogen and oxygen atoms in total. The third-order valence-corrected chi connectivity index (χ3v) is 3.77. The van der Waals surface area contributed by atoms with Crippen LogP contribution in [0.1, 0.15) is 18.4 Å². The van der Waals surface area contributed by atoms with Crippen molar-refractivity contribution in [1.82, 2.24) is 4.90 Å². The van der Waals surface area contributed by atoms with Gasteiger partial charge >= 0.3 is 0 Å². The molecule has 2 heterocycles. The normalized spacial score (nSPS) is 19.9. The van der Waals surface area contributed by atoms with Gasteiger partial charge in [0.05, 0.1) is 6.07 Å². The maximum Gasteiger partial charge on any atom is 0.161 e. The number of hydrogen-bond donors (Lipinski definition) is 0. The molecule has 0 spiro atoms. The van der Waals surface area contributed by atoms with Crippen LogP contribution < -0.4 is 9.47 Å². The minimum atomic E-state index is -0.0231. The Balaban J connectivity index is 1.73. The lowest BCUT2D eigenvalue weighted by molar-refractivity contribution is 0.171. The summed E-state index contributed by atoms with van der Waals surface area (Å²) in [6, 6.07) is 8.39. The van der Waals surface area contributed by atoms with Crippen LogP contribution in [-0.2, 0) is 6.42 Å². The zero-order chi connectivity index (χ0) is 13.1. The van der Waals surface area contributed by atoms with Crippen molar-refractivity contribution in [2.24, 2.45) is 0 Å². The summed E-state index contributed by atoms with van der Waals surface area (Å²) in [6.45, 7) is 3.30. The molecule has 0 bridgehead atoms. The van der Waals surface area contributed by atoms with E-state index in [1.807, 2.05) is 18.2 Å². The highest BCUT2D eigenvalue weighted by Gasteiger charge is 2.22. The van der Waals surface area contributed by atoms with Crippen molar-refractivity contribution in [2.75, 3.05) is 26.3 Å². The average molecular weight is 258 g/mol. The van der Waals surface area contributed by atoms with Crippen LogP contribution in [0.5, 0.6) is 11.5 Å². The fourth-order valence-corrected chi connectivity index (χ4v) is 2.75. The molecule has 100 valence electrons. The lowest BCUT2D eigenvalue weighted by atomic mass is 10.0. The zero-order valence-electron chi connectivity index (χ0n) is 11.0. The van der Waals surface area contributed by atoms with Gasteiger partial charge in [0.15, 0.2) is 11.5 Å². The molecule has 1 aromatic carbocycles. The quantitative estimate of drug-likeness (QED) is 0.831. The van der Waals surface area contributed by atoms with E-state index in [1.165, 1.54) is 12.8 Å². The summed E-state index contributed by atoms with van der Waals surface area (Å²) in [4.78, 5) is 2.27. The van der Waals surface area contributed by atoms with Crippen molar-refractivity contribution < 1.29 is 9.47 Å². The maximum atomic E-state index is 9.34. The van der Waals surface area contributed by atoms with E-state index in [0.717, 1.165) is 36.6 Å². The number of hydrogen-bond acceptors (Lipinski definition) is 4. The van der Waals surface area contributed by atoms with Crippen LogP contribution in [0.25, 0.3) is 0 Å². The summed E-state index contributed by atoms with van der Waals surface area (Å²) in [7, 11) is 0. The minimum Gasteiger partial charge on any atom is -0.486 e. The van der Waals surface area contributed by atoms with E-state index in [4.69, 9.17) is 9.47 Å². The Morgan fingerprint density at radius 2 is 1.89 bits per heavy atom. The van der Waals surface area contributed by atoms with Crippen molar-refractivity contribution in [3.8, 4) is 17.6 Å². The standard InChI is InChI=1S/C15H18N2O2/c16-11-13(17-5-1-2-6-17)9-12-3-4-14-15(10-12)19-8-7-18-14/h3-4,10,13H,1-2,5-9H2. The number of nitriles is 1. The third-order valence-electron chi connectivity index (χ3n) is 3.77. The summed E-state index contributed by atoms with van der Waals surface area (Å²) in [6.07, 6.45) is 3.17. The molecule has 1 fully saturated rings. The summed E-state index contributed by atoms with van der Waals surface area (Å²) in [5.41, 5.74) is 1.14. The Bertz CT molecular complexity index is 489. The van der Waals surface area contributed by atoms with Crippen LogP contribution in [0.4, 0.5) is 0 Å². The van der Waals surface area contributed by atoms with Gasteiger partial charge in [-0.2, -0.15) is 5.26 Å². The predicted molar refractivity (Wildman–Crippen MR) is 71.3 cm³/mol. The lowest BCUT2D eigenvalue weighted by Crippen LogP contribution is -2.33. The van der Waals surface area contributed by atoms with Crippen LogP contribution in [-0.4, -0.2) is 37.2 Å². The van der Waals surface area contributed by atoms with Gasteiger partial charge in [-0.15, -0.1) is 0 Å². The third kappa shape index (κ3) is 2.66. The number of rotatable bonds is 3. The highest BCUT2D eigenvalue weighted by atomic mass is 16.6. The van der Waals surface area contributed by atoms with Crippen LogP contribution >= 0.6 is 0 Å². The molecule has 2 aliphatic rings. The molecule has 19 heavy (non-hydrogen) atoms. The Labute approximate surface area is 113 Å². The lowest BCUT2D eigenvalue weighted by Gasteiger charge is -2.22. The van der Waals surface area contributed by atoms with Crippen molar-refractivity contribution in [3.63, 3.8) is 0 Å². The number of nitrogens with zero attached hydrogens (tertiary/aromatic N) is 2. The Kier molecular flexibility index (Phi) is 3.56. The Morgan fingerprint density at radius 3 is 2.63 bits per heavy atom. The topological polar surface area (TPSA) is 45.5 Å². The van der Waals surface area contributed by atoms with Crippen molar-refractivity contribution in [1.29, 1.82) is 5.26 Å². The van der Waals surface area contributed by atoms with Gasteiger partial charge < -0.3 is 9.47 Å². The first-order valence-corrected chi connectivity index (χ1v) is 6.89. The van der Waals surface area contributed by atoms with Crippen molar-refractivity contribution in [2.45, 2.75) is 25.3 Å². The van der Waals surface area contributed by atoms with Gasteiger partial charge in [0.2, 0.25) is 0 Å². The molecule has 0 aliphatic carbocycles. The molecule has 1 saturated heterocycles. The van der Waals surface area contributed by atoms with E-state index in [0.29, 0.717) is 13.2 Å². The summed E-state index contributed by atoms with van der Waals surface area (Å²) in [5.74, 6) is 1.62. The monoisotopic (exact) mass is 258 g/mol. The average Bonchev–Trinajstić information content (AvgIpc) is 2.98.